The van der Waals surface area contributed by atoms with E-state index in [2.05, 4.69) is 21.8 Å². The van der Waals surface area contributed by atoms with Crippen molar-refractivity contribution < 1.29 is 9.59 Å². The first kappa shape index (κ1) is 15.5. The molecule has 1 aliphatic rings. The first-order chi connectivity index (χ1) is 11.1. The molecule has 1 aliphatic heterocycles. The number of nitrogens with zero attached hydrogens (tertiary/aromatic N) is 3. The lowest BCUT2D eigenvalue weighted by Gasteiger charge is -2.13. The summed E-state index contributed by atoms with van der Waals surface area (Å²) in [6.07, 6.45) is 0. The van der Waals surface area contributed by atoms with E-state index in [0.717, 1.165) is 17.0 Å². The zero-order chi connectivity index (χ0) is 16.4. The molecule has 0 unspecified atom stereocenters. The molecule has 122 valence electrons. The number of urea groups is 2. The molecule has 0 radical (unpaired) electrons. The Hall–Kier alpha value is -2.35. The van der Waals surface area contributed by atoms with Crippen LogP contribution in [-0.2, 0) is 6.54 Å². The topological polar surface area (TPSA) is 79.3 Å². The maximum atomic E-state index is 11.9. The number of aryl methyl sites for hydroxylation is 1. The molecule has 1 saturated heterocycles. The van der Waals surface area contributed by atoms with Crippen LogP contribution in [0.5, 0.6) is 0 Å². The van der Waals surface area contributed by atoms with E-state index in [4.69, 9.17) is 0 Å². The van der Waals surface area contributed by atoms with E-state index in [1.165, 1.54) is 9.78 Å². The van der Waals surface area contributed by atoms with Crippen LogP contribution in [0, 0.1) is 13.8 Å². The van der Waals surface area contributed by atoms with Crippen molar-refractivity contribution in [3.05, 3.63) is 28.9 Å². The van der Waals surface area contributed by atoms with Gasteiger partial charge in [-0.1, -0.05) is 6.07 Å². The number of carbonyl (C=O) groups excluding carboxylic acids is 2. The van der Waals surface area contributed by atoms with E-state index in [-0.39, 0.29) is 12.1 Å². The van der Waals surface area contributed by atoms with Crippen molar-refractivity contribution in [3.8, 4) is 10.4 Å². The van der Waals surface area contributed by atoms with Gasteiger partial charge >= 0.3 is 12.1 Å². The van der Waals surface area contributed by atoms with Crippen LogP contribution in [0.15, 0.2) is 17.5 Å². The van der Waals surface area contributed by atoms with Gasteiger partial charge in [-0.05, 0) is 25.3 Å². The lowest BCUT2D eigenvalue weighted by atomic mass is 10.1. The van der Waals surface area contributed by atoms with E-state index < -0.39 is 0 Å². The number of thiophene rings is 1. The van der Waals surface area contributed by atoms with Gasteiger partial charge in [0.2, 0.25) is 0 Å². The molecule has 3 heterocycles. The fourth-order valence-corrected chi connectivity index (χ4v) is 3.60. The molecule has 0 aromatic carbocycles. The zero-order valence-corrected chi connectivity index (χ0v) is 13.9. The summed E-state index contributed by atoms with van der Waals surface area (Å²) in [5.41, 5.74) is 3.22. The second-order valence-corrected chi connectivity index (χ2v) is 6.31. The second-order valence-electron chi connectivity index (χ2n) is 5.36. The minimum atomic E-state index is -0.361. The molecule has 0 atom stereocenters. The summed E-state index contributed by atoms with van der Waals surface area (Å²) in [5.74, 6) is 0. The summed E-state index contributed by atoms with van der Waals surface area (Å²) in [4.78, 5) is 25.7. The van der Waals surface area contributed by atoms with Crippen molar-refractivity contribution in [2.75, 3.05) is 19.6 Å². The molecule has 2 N–H and O–H groups in total. The molecule has 2 aromatic heterocycles. The minimum Gasteiger partial charge on any atom is -0.336 e. The summed E-state index contributed by atoms with van der Waals surface area (Å²) < 4.78 is 1.90. The number of nitrogens with one attached hydrogen (secondary N) is 2. The van der Waals surface area contributed by atoms with Gasteiger partial charge in [0.05, 0.1) is 12.2 Å². The Morgan fingerprint density at radius 1 is 1.48 bits per heavy atom. The molecule has 23 heavy (non-hydrogen) atoms. The van der Waals surface area contributed by atoms with Crippen molar-refractivity contribution in [1.82, 2.24) is 25.3 Å². The lowest BCUT2D eigenvalue weighted by Crippen LogP contribution is -2.42. The minimum absolute atomic E-state index is 0.339. The van der Waals surface area contributed by atoms with E-state index in [0.29, 0.717) is 26.2 Å². The van der Waals surface area contributed by atoms with Crippen molar-refractivity contribution in [2.24, 2.45) is 0 Å². The second kappa shape index (κ2) is 6.41. The Kier molecular flexibility index (Phi) is 4.33. The van der Waals surface area contributed by atoms with Crippen LogP contribution >= 0.6 is 11.3 Å². The SMILES string of the molecule is Cc1nn(CCNC(=O)N2CCNC2=O)c(C)c1-c1cccs1. The monoisotopic (exact) mass is 333 g/mol. The summed E-state index contributed by atoms with van der Waals surface area (Å²) >= 11 is 1.69. The van der Waals surface area contributed by atoms with Crippen LogP contribution in [0.4, 0.5) is 9.59 Å². The molecular weight excluding hydrogens is 314 g/mol. The molecule has 1 fully saturated rings. The molecule has 0 bridgehead atoms. The molecule has 0 spiro atoms. The Labute approximate surface area is 138 Å². The summed E-state index contributed by atoms with van der Waals surface area (Å²) in [6, 6.07) is 3.41. The highest BCUT2D eigenvalue weighted by Gasteiger charge is 2.25. The van der Waals surface area contributed by atoms with Gasteiger partial charge in [0.25, 0.3) is 0 Å². The van der Waals surface area contributed by atoms with Crippen LogP contribution < -0.4 is 10.6 Å². The standard InChI is InChI=1S/C15H19N5O2S/c1-10-13(12-4-3-9-23-12)11(2)20(18-10)8-6-17-15(22)19-7-5-16-14(19)21/h3-4,9H,5-8H2,1-2H3,(H,16,21)(H,17,22). The number of amides is 4. The van der Waals surface area contributed by atoms with Gasteiger partial charge in [0, 0.05) is 35.8 Å². The predicted molar refractivity (Wildman–Crippen MR) is 88.5 cm³/mol. The largest absolute Gasteiger partial charge is 0.336 e. The van der Waals surface area contributed by atoms with Crippen molar-refractivity contribution in [3.63, 3.8) is 0 Å². The van der Waals surface area contributed by atoms with Crippen LogP contribution in [0.3, 0.4) is 0 Å². The van der Waals surface area contributed by atoms with Gasteiger partial charge in [-0.2, -0.15) is 5.10 Å². The van der Waals surface area contributed by atoms with Crippen LogP contribution in [0.2, 0.25) is 0 Å². The van der Waals surface area contributed by atoms with Crippen molar-refractivity contribution >= 4 is 23.4 Å². The van der Waals surface area contributed by atoms with Gasteiger partial charge in [0.1, 0.15) is 0 Å². The van der Waals surface area contributed by atoms with Crippen LogP contribution in [-0.4, -0.2) is 46.4 Å². The number of imide groups is 1. The van der Waals surface area contributed by atoms with Gasteiger partial charge in [-0.25, -0.2) is 14.5 Å². The Bertz CT molecular complexity index is 723. The fourth-order valence-electron chi connectivity index (χ4n) is 2.72. The van der Waals surface area contributed by atoms with Gasteiger partial charge in [-0.15, -0.1) is 11.3 Å². The average molecular weight is 333 g/mol. The average Bonchev–Trinajstić information content (AvgIpc) is 3.22. The molecule has 0 saturated carbocycles. The van der Waals surface area contributed by atoms with Crippen LogP contribution in [0.25, 0.3) is 10.4 Å². The van der Waals surface area contributed by atoms with Crippen molar-refractivity contribution in [1.29, 1.82) is 0 Å². The molecule has 7 nitrogen and oxygen atoms in total. The summed E-state index contributed by atoms with van der Waals surface area (Å²) in [6.45, 7) is 5.94. The third kappa shape index (κ3) is 3.07. The first-order valence-corrected chi connectivity index (χ1v) is 8.37. The third-order valence-corrected chi connectivity index (χ3v) is 4.74. The third-order valence-electron chi connectivity index (χ3n) is 3.85. The highest BCUT2D eigenvalue weighted by molar-refractivity contribution is 7.13. The number of hydrogen-bond acceptors (Lipinski definition) is 4. The molecule has 3 rings (SSSR count). The van der Waals surface area contributed by atoms with E-state index >= 15 is 0 Å². The molecule has 0 aliphatic carbocycles. The highest BCUT2D eigenvalue weighted by atomic mass is 32.1. The molecule has 8 heteroatoms. The van der Waals surface area contributed by atoms with Crippen LogP contribution in [0.1, 0.15) is 11.4 Å². The Morgan fingerprint density at radius 2 is 2.30 bits per heavy atom. The van der Waals surface area contributed by atoms with Gasteiger partial charge in [0.15, 0.2) is 0 Å². The van der Waals surface area contributed by atoms with Gasteiger partial charge in [-0.3, -0.25) is 4.68 Å². The molecular formula is C15H19N5O2S. The normalized spacial score (nSPS) is 14.2. The number of rotatable bonds is 4. The Morgan fingerprint density at radius 3 is 2.96 bits per heavy atom. The van der Waals surface area contributed by atoms with E-state index in [1.54, 1.807) is 11.3 Å². The van der Waals surface area contributed by atoms with E-state index in [1.807, 2.05) is 30.0 Å². The van der Waals surface area contributed by atoms with Crippen molar-refractivity contribution in [2.45, 2.75) is 20.4 Å². The maximum Gasteiger partial charge on any atom is 0.325 e. The zero-order valence-electron chi connectivity index (χ0n) is 13.1. The van der Waals surface area contributed by atoms with E-state index in [9.17, 15) is 9.59 Å². The Balaban J connectivity index is 1.62. The highest BCUT2D eigenvalue weighted by Crippen LogP contribution is 2.30. The molecule has 4 amide bonds. The van der Waals surface area contributed by atoms with Gasteiger partial charge < -0.3 is 10.6 Å². The summed E-state index contributed by atoms with van der Waals surface area (Å²) in [5, 5.41) is 12.0. The quantitative estimate of drug-likeness (QED) is 0.898. The first-order valence-electron chi connectivity index (χ1n) is 7.49. The predicted octanol–water partition coefficient (Wildman–Crippen LogP) is 1.96. The summed E-state index contributed by atoms with van der Waals surface area (Å²) in [7, 11) is 0. The number of carbonyl (C=O) groups is 2. The lowest BCUT2D eigenvalue weighted by molar-refractivity contribution is 0.198. The number of aromatic nitrogens is 2. The number of hydrogen-bond donors (Lipinski definition) is 2. The fraction of sp³-hybridized carbons (Fsp3) is 0.400. The smallest absolute Gasteiger partial charge is 0.325 e. The molecule has 2 aromatic rings. The maximum absolute atomic E-state index is 11.9.